The number of methoxy groups -OCH3 is 1. The number of amides is 1. The molecule has 0 unspecified atom stereocenters. The van der Waals surface area contributed by atoms with Crippen molar-refractivity contribution in [2.75, 3.05) is 7.11 Å². The van der Waals surface area contributed by atoms with Crippen LogP contribution in [0.5, 0.6) is 5.75 Å². The Morgan fingerprint density at radius 1 is 1.00 bits per heavy atom. The van der Waals surface area contributed by atoms with Gasteiger partial charge in [0.05, 0.1) is 13.2 Å². The van der Waals surface area contributed by atoms with Crippen molar-refractivity contribution < 1.29 is 9.53 Å². The lowest BCUT2D eigenvalue weighted by molar-refractivity contribution is -0.121. The molecule has 0 aliphatic rings. The summed E-state index contributed by atoms with van der Waals surface area (Å²) < 4.78 is 5.47. The zero-order chi connectivity index (χ0) is 22.5. The van der Waals surface area contributed by atoms with E-state index >= 15 is 0 Å². The third-order valence-electron chi connectivity index (χ3n) is 6.15. The molecule has 164 valence electrons. The standard InChI is InChI=1S/C28H30N2O2/c1-4-20-12-9-15-24-26(18-29-28(20)24)25(22-13-8-14-23(16-22)32-3)17-27(31)30-19(2)21-10-6-5-7-11-21/h5-16,18-19,25,29H,4,17H2,1-3H3,(H,30,31)/t19-,25+/m0/s1. The predicted octanol–water partition coefficient (Wildman–Crippen LogP) is 6.14. The van der Waals surface area contributed by atoms with Crippen LogP contribution in [0.4, 0.5) is 0 Å². The molecule has 1 amide bonds. The van der Waals surface area contributed by atoms with E-state index in [2.05, 4.69) is 47.7 Å². The molecule has 0 aliphatic heterocycles. The second-order valence-electron chi connectivity index (χ2n) is 8.17. The van der Waals surface area contributed by atoms with Crippen LogP contribution in [0.15, 0.2) is 79.0 Å². The van der Waals surface area contributed by atoms with Gasteiger partial charge in [-0.3, -0.25) is 4.79 Å². The summed E-state index contributed by atoms with van der Waals surface area (Å²) in [6, 6.07) is 24.4. The number of rotatable bonds is 8. The van der Waals surface area contributed by atoms with Crippen molar-refractivity contribution in [3.05, 3.63) is 101 Å². The molecule has 0 radical (unpaired) electrons. The molecular weight excluding hydrogens is 396 g/mol. The second kappa shape index (κ2) is 9.73. The molecule has 2 N–H and O–H groups in total. The molecule has 1 heterocycles. The van der Waals surface area contributed by atoms with Gasteiger partial charge >= 0.3 is 0 Å². The Morgan fingerprint density at radius 3 is 2.50 bits per heavy atom. The summed E-state index contributed by atoms with van der Waals surface area (Å²) in [5.74, 6) is 0.726. The fourth-order valence-corrected chi connectivity index (χ4v) is 4.40. The lowest BCUT2D eigenvalue weighted by Crippen LogP contribution is -2.28. The molecule has 4 nitrogen and oxygen atoms in total. The first-order valence-corrected chi connectivity index (χ1v) is 11.2. The molecule has 0 saturated heterocycles. The molecule has 1 aromatic heterocycles. The smallest absolute Gasteiger partial charge is 0.221 e. The number of aryl methyl sites for hydroxylation is 1. The predicted molar refractivity (Wildman–Crippen MR) is 130 cm³/mol. The largest absolute Gasteiger partial charge is 0.497 e. The maximum Gasteiger partial charge on any atom is 0.221 e. The first-order valence-electron chi connectivity index (χ1n) is 11.2. The minimum atomic E-state index is -0.0890. The highest BCUT2D eigenvalue weighted by Gasteiger charge is 2.23. The number of nitrogens with one attached hydrogen (secondary N) is 2. The van der Waals surface area contributed by atoms with Gasteiger partial charge in [-0.2, -0.15) is 0 Å². The number of carbonyl (C=O) groups excluding carboxylic acids is 1. The lowest BCUT2D eigenvalue weighted by Gasteiger charge is -2.20. The molecule has 4 rings (SSSR count). The molecule has 0 aliphatic carbocycles. The maximum atomic E-state index is 13.2. The number of aromatic nitrogens is 1. The Hall–Kier alpha value is -3.53. The number of hydrogen-bond donors (Lipinski definition) is 2. The molecule has 3 aromatic carbocycles. The number of fused-ring (bicyclic) bond motifs is 1. The summed E-state index contributed by atoms with van der Waals surface area (Å²) in [4.78, 5) is 16.6. The summed E-state index contributed by atoms with van der Waals surface area (Å²) in [5.41, 5.74) is 5.72. The average molecular weight is 427 g/mol. The number of para-hydroxylation sites is 1. The third kappa shape index (κ3) is 4.54. The number of carbonyl (C=O) groups is 1. The quantitative estimate of drug-likeness (QED) is 0.356. The van der Waals surface area contributed by atoms with Crippen molar-refractivity contribution in [1.29, 1.82) is 0 Å². The van der Waals surface area contributed by atoms with E-state index in [9.17, 15) is 4.79 Å². The number of hydrogen-bond acceptors (Lipinski definition) is 2. The second-order valence-corrected chi connectivity index (χ2v) is 8.17. The van der Waals surface area contributed by atoms with E-state index in [-0.39, 0.29) is 17.9 Å². The highest BCUT2D eigenvalue weighted by molar-refractivity contribution is 5.88. The van der Waals surface area contributed by atoms with Gasteiger partial charge in [-0.1, -0.05) is 67.6 Å². The van der Waals surface area contributed by atoms with Crippen LogP contribution in [0.3, 0.4) is 0 Å². The highest BCUT2D eigenvalue weighted by atomic mass is 16.5. The zero-order valence-corrected chi connectivity index (χ0v) is 18.9. The minimum Gasteiger partial charge on any atom is -0.497 e. The van der Waals surface area contributed by atoms with E-state index in [4.69, 9.17) is 4.74 Å². The van der Waals surface area contributed by atoms with Crippen LogP contribution in [0.1, 0.15) is 54.5 Å². The number of benzene rings is 3. The molecule has 0 spiro atoms. The zero-order valence-electron chi connectivity index (χ0n) is 18.9. The van der Waals surface area contributed by atoms with Crippen molar-refractivity contribution in [1.82, 2.24) is 10.3 Å². The van der Waals surface area contributed by atoms with Gasteiger partial charge in [0, 0.05) is 29.4 Å². The Balaban J connectivity index is 1.68. The Kier molecular flexibility index (Phi) is 6.60. The van der Waals surface area contributed by atoms with Crippen LogP contribution in [0.25, 0.3) is 10.9 Å². The molecule has 0 saturated carbocycles. The van der Waals surface area contributed by atoms with Crippen molar-refractivity contribution in [2.24, 2.45) is 0 Å². The molecule has 4 heteroatoms. The van der Waals surface area contributed by atoms with E-state index in [1.54, 1.807) is 7.11 Å². The van der Waals surface area contributed by atoms with Crippen molar-refractivity contribution in [2.45, 2.75) is 38.6 Å². The van der Waals surface area contributed by atoms with Crippen molar-refractivity contribution >= 4 is 16.8 Å². The normalized spacial score (nSPS) is 13.0. The van der Waals surface area contributed by atoms with Crippen LogP contribution >= 0.6 is 0 Å². The monoisotopic (exact) mass is 426 g/mol. The summed E-state index contributed by atoms with van der Waals surface area (Å²) in [6.45, 7) is 4.18. The van der Waals surface area contributed by atoms with Gasteiger partial charge in [-0.05, 0) is 47.7 Å². The molecule has 4 aromatic rings. The van der Waals surface area contributed by atoms with Gasteiger partial charge in [0.25, 0.3) is 0 Å². The van der Waals surface area contributed by atoms with E-state index in [1.165, 1.54) is 10.9 Å². The van der Waals surface area contributed by atoms with Gasteiger partial charge in [-0.15, -0.1) is 0 Å². The van der Waals surface area contributed by atoms with Crippen LogP contribution in [0, 0.1) is 0 Å². The number of ether oxygens (including phenoxy) is 1. The number of H-pyrrole nitrogens is 1. The fourth-order valence-electron chi connectivity index (χ4n) is 4.40. The van der Waals surface area contributed by atoms with E-state index < -0.39 is 0 Å². The van der Waals surface area contributed by atoms with Gasteiger partial charge in [0.2, 0.25) is 5.91 Å². The summed E-state index contributed by atoms with van der Waals surface area (Å²) in [5, 5.41) is 4.34. The lowest BCUT2D eigenvalue weighted by atomic mass is 9.87. The van der Waals surface area contributed by atoms with Gasteiger partial charge in [0.1, 0.15) is 5.75 Å². The first-order chi connectivity index (χ1) is 15.6. The topological polar surface area (TPSA) is 54.1 Å². The van der Waals surface area contributed by atoms with E-state index in [1.807, 2.05) is 55.5 Å². The maximum absolute atomic E-state index is 13.2. The van der Waals surface area contributed by atoms with E-state index in [0.717, 1.165) is 34.4 Å². The van der Waals surface area contributed by atoms with E-state index in [0.29, 0.717) is 6.42 Å². The Labute approximate surface area is 189 Å². The molecule has 2 atom stereocenters. The molecular formula is C28H30N2O2. The molecule has 0 fully saturated rings. The van der Waals surface area contributed by atoms with Gasteiger partial charge in [-0.25, -0.2) is 0 Å². The summed E-state index contributed by atoms with van der Waals surface area (Å²) >= 11 is 0. The highest BCUT2D eigenvalue weighted by Crippen LogP contribution is 2.36. The van der Waals surface area contributed by atoms with Gasteiger partial charge < -0.3 is 15.0 Å². The van der Waals surface area contributed by atoms with Crippen molar-refractivity contribution in [3.8, 4) is 5.75 Å². The van der Waals surface area contributed by atoms with Crippen LogP contribution in [-0.4, -0.2) is 18.0 Å². The SMILES string of the molecule is CCc1cccc2c([C@H](CC(=O)N[C@@H](C)c3ccccc3)c3cccc(OC)c3)c[nH]c12. The van der Waals surface area contributed by atoms with Gasteiger partial charge in [0.15, 0.2) is 0 Å². The van der Waals surface area contributed by atoms with Crippen LogP contribution in [-0.2, 0) is 11.2 Å². The summed E-state index contributed by atoms with van der Waals surface area (Å²) in [6.07, 6.45) is 3.37. The average Bonchev–Trinajstić information content (AvgIpc) is 3.27. The first kappa shape index (κ1) is 21.7. The minimum absolute atomic E-state index is 0.0233. The fraction of sp³-hybridized carbons (Fsp3) is 0.250. The Morgan fingerprint density at radius 2 is 1.75 bits per heavy atom. The molecule has 0 bridgehead atoms. The van der Waals surface area contributed by atoms with Crippen molar-refractivity contribution in [3.63, 3.8) is 0 Å². The molecule has 32 heavy (non-hydrogen) atoms. The Bertz CT molecular complexity index is 1200. The third-order valence-corrected chi connectivity index (χ3v) is 6.15. The van der Waals surface area contributed by atoms with Crippen LogP contribution < -0.4 is 10.1 Å². The summed E-state index contributed by atoms with van der Waals surface area (Å²) in [7, 11) is 1.67. The van der Waals surface area contributed by atoms with Crippen LogP contribution in [0.2, 0.25) is 0 Å². The number of aromatic amines is 1.